The number of hydrogen-bond acceptors (Lipinski definition) is 2. The van der Waals surface area contributed by atoms with E-state index in [0.717, 1.165) is 5.69 Å². The number of benzene rings is 1. The normalized spacial score (nSPS) is 15.7. The second kappa shape index (κ2) is 7.08. The van der Waals surface area contributed by atoms with Gasteiger partial charge in [0.15, 0.2) is 0 Å². The van der Waals surface area contributed by atoms with Crippen molar-refractivity contribution < 1.29 is 9.59 Å². The van der Waals surface area contributed by atoms with Gasteiger partial charge >= 0.3 is 0 Å². The van der Waals surface area contributed by atoms with Crippen LogP contribution in [0.5, 0.6) is 0 Å². The molecule has 0 unspecified atom stereocenters. The van der Waals surface area contributed by atoms with E-state index in [2.05, 4.69) is 10.6 Å². The molecule has 108 valence electrons. The monoisotopic (exact) mass is 274 g/mol. The molecule has 1 aromatic rings. The van der Waals surface area contributed by atoms with Gasteiger partial charge in [0.25, 0.3) is 0 Å². The highest BCUT2D eigenvalue weighted by Gasteiger charge is 2.17. The highest BCUT2D eigenvalue weighted by molar-refractivity contribution is 5.93. The molecule has 0 spiro atoms. The Hall–Kier alpha value is -1.84. The summed E-state index contributed by atoms with van der Waals surface area (Å²) in [5.74, 6) is 0.481. The van der Waals surface area contributed by atoms with E-state index in [9.17, 15) is 9.59 Å². The topological polar surface area (TPSA) is 58.2 Å². The maximum absolute atomic E-state index is 12.0. The van der Waals surface area contributed by atoms with Crippen molar-refractivity contribution >= 4 is 23.2 Å². The van der Waals surface area contributed by atoms with Gasteiger partial charge < -0.3 is 10.6 Å². The largest absolute Gasteiger partial charge is 0.326 e. The Bertz CT molecular complexity index is 479. The summed E-state index contributed by atoms with van der Waals surface area (Å²) < 4.78 is 0. The quantitative estimate of drug-likeness (QED) is 0.882. The maximum atomic E-state index is 12.0. The SMILES string of the molecule is CC(=O)Nc1cccc(NC(=O)CC2CCCCC2)c1. The first kappa shape index (κ1) is 14.6. The molecule has 20 heavy (non-hydrogen) atoms. The van der Waals surface area contributed by atoms with Gasteiger partial charge in [-0.25, -0.2) is 0 Å². The van der Waals surface area contributed by atoms with Crippen molar-refractivity contribution in [1.82, 2.24) is 0 Å². The smallest absolute Gasteiger partial charge is 0.224 e. The molecule has 2 rings (SSSR count). The van der Waals surface area contributed by atoms with E-state index in [1.807, 2.05) is 12.1 Å². The summed E-state index contributed by atoms with van der Waals surface area (Å²) in [6, 6.07) is 7.24. The molecule has 0 heterocycles. The first-order valence-corrected chi connectivity index (χ1v) is 7.31. The zero-order valence-electron chi connectivity index (χ0n) is 11.9. The van der Waals surface area contributed by atoms with Crippen molar-refractivity contribution in [3.63, 3.8) is 0 Å². The zero-order valence-corrected chi connectivity index (χ0v) is 11.9. The summed E-state index contributed by atoms with van der Waals surface area (Å²) in [5.41, 5.74) is 1.44. The zero-order chi connectivity index (χ0) is 14.4. The minimum absolute atomic E-state index is 0.0666. The van der Waals surface area contributed by atoms with Gasteiger partial charge in [-0.1, -0.05) is 25.3 Å². The summed E-state index contributed by atoms with van der Waals surface area (Å²) in [6.45, 7) is 1.47. The number of nitrogens with one attached hydrogen (secondary N) is 2. The predicted molar refractivity (Wildman–Crippen MR) is 80.6 cm³/mol. The third-order valence-corrected chi connectivity index (χ3v) is 3.67. The molecule has 0 aromatic heterocycles. The number of amides is 2. The van der Waals surface area contributed by atoms with Crippen LogP contribution in [-0.2, 0) is 9.59 Å². The van der Waals surface area contributed by atoms with Gasteiger partial charge in [0, 0.05) is 24.7 Å². The molecule has 1 aliphatic rings. The van der Waals surface area contributed by atoms with Gasteiger partial charge in [0.2, 0.25) is 11.8 Å². The third kappa shape index (κ3) is 4.68. The van der Waals surface area contributed by atoms with Crippen LogP contribution in [0.4, 0.5) is 11.4 Å². The average molecular weight is 274 g/mol. The molecule has 1 fully saturated rings. The van der Waals surface area contributed by atoms with E-state index < -0.39 is 0 Å². The maximum Gasteiger partial charge on any atom is 0.224 e. The fourth-order valence-electron chi connectivity index (χ4n) is 2.74. The molecule has 2 N–H and O–H groups in total. The number of rotatable bonds is 4. The van der Waals surface area contributed by atoms with Crippen LogP contribution in [0.15, 0.2) is 24.3 Å². The van der Waals surface area contributed by atoms with Crippen LogP contribution in [0.3, 0.4) is 0 Å². The minimum Gasteiger partial charge on any atom is -0.326 e. The molecular weight excluding hydrogens is 252 g/mol. The second-order valence-corrected chi connectivity index (χ2v) is 5.52. The molecule has 0 aliphatic heterocycles. The summed E-state index contributed by atoms with van der Waals surface area (Å²) >= 11 is 0. The molecule has 4 nitrogen and oxygen atoms in total. The van der Waals surface area contributed by atoms with Crippen LogP contribution in [0.2, 0.25) is 0 Å². The first-order valence-electron chi connectivity index (χ1n) is 7.31. The van der Waals surface area contributed by atoms with E-state index in [1.54, 1.807) is 12.1 Å². The fourth-order valence-corrected chi connectivity index (χ4v) is 2.74. The summed E-state index contributed by atoms with van der Waals surface area (Å²) in [6.07, 6.45) is 6.73. The van der Waals surface area contributed by atoms with Gasteiger partial charge in [-0.15, -0.1) is 0 Å². The molecule has 0 bridgehead atoms. The van der Waals surface area contributed by atoms with Crippen LogP contribution >= 0.6 is 0 Å². The molecule has 2 amide bonds. The van der Waals surface area contributed by atoms with E-state index in [-0.39, 0.29) is 11.8 Å². The van der Waals surface area contributed by atoms with Gasteiger partial charge in [-0.05, 0) is 37.0 Å². The number of carbonyl (C=O) groups is 2. The number of hydrogen-bond donors (Lipinski definition) is 2. The van der Waals surface area contributed by atoms with Crippen molar-refractivity contribution in [2.45, 2.75) is 45.4 Å². The summed E-state index contributed by atoms with van der Waals surface area (Å²) in [5, 5.41) is 5.62. The van der Waals surface area contributed by atoms with E-state index >= 15 is 0 Å². The number of anilines is 2. The molecule has 1 saturated carbocycles. The Morgan fingerprint density at radius 2 is 1.75 bits per heavy atom. The van der Waals surface area contributed by atoms with Crippen LogP contribution < -0.4 is 10.6 Å². The molecule has 0 atom stereocenters. The lowest BCUT2D eigenvalue weighted by Crippen LogP contribution is -2.18. The van der Waals surface area contributed by atoms with Crippen molar-refractivity contribution in [2.24, 2.45) is 5.92 Å². The van der Waals surface area contributed by atoms with Crippen molar-refractivity contribution in [3.05, 3.63) is 24.3 Å². The van der Waals surface area contributed by atoms with Crippen LogP contribution in [0.1, 0.15) is 45.4 Å². The Morgan fingerprint density at radius 1 is 1.10 bits per heavy atom. The van der Waals surface area contributed by atoms with Crippen molar-refractivity contribution in [1.29, 1.82) is 0 Å². The Morgan fingerprint density at radius 3 is 2.40 bits per heavy atom. The lowest BCUT2D eigenvalue weighted by Gasteiger charge is -2.20. The molecular formula is C16H22N2O2. The summed E-state index contributed by atoms with van der Waals surface area (Å²) in [4.78, 5) is 23.0. The fraction of sp³-hybridized carbons (Fsp3) is 0.500. The van der Waals surface area contributed by atoms with Gasteiger partial charge in [0.05, 0.1) is 0 Å². The molecule has 0 saturated heterocycles. The van der Waals surface area contributed by atoms with Gasteiger partial charge in [-0.3, -0.25) is 9.59 Å². The van der Waals surface area contributed by atoms with Gasteiger partial charge in [0.1, 0.15) is 0 Å². The van der Waals surface area contributed by atoms with Gasteiger partial charge in [-0.2, -0.15) is 0 Å². The third-order valence-electron chi connectivity index (χ3n) is 3.67. The van der Waals surface area contributed by atoms with Crippen LogP contribution in [0.25, 0.3) is 0 Å². The van der Waals surface area contributed by atoms with Crippen LogP contribution in [0, 0.1) is 5.92 Å². The Balaban J connectivity index is 1.88. The minimum atomic E-state index is -0.115. The first-order chi connectivity index (χ1) is 9.63. The van der Waals surface area contributed by atoms with E-state index in [0.29, 0.717) is 18.0 Å². The second-order valence-electron chi connectivity index (χ2n) is 5.52. The lowest BCUT2D eigenvalue weighted by atomic mass is 9.87. The molecule has 0 radical (unpaired) electrons. The summed E-state index contributed by atoms with van der Waals surface area (Å²) in [7, 11) is 0. The van der Waals surface area contributed by atoms with E-state index in [4.69, 9.17) is 0 Å². The van der Waals surface area contributed by atoms with E-state index in [1.165, 1.54) is 39.0 Å². The highest BCUT2D eigenvalue weighted by Crippen LogP contribution is 2.26. The Kier molecular flexibility index (Phi) is 5.16. The molecule has 4 heteroatoms. The highest BCUT2D eigenvalue weighted by atomic mass is 16.2. The average Bonchev–Trinajstić information content (AvgIpc) is 2.39. The molecule has 1 aliphatic carbocycles. The van der Waals surface area contributed by atoms with Crippen molar-refractivity contribution in [2.75, 3.05) is 10.6 Å². The van der Waals surface area contributed by atoms with Crippen molar-refractivity contribution in [3.8, 4) is 0 Å². The van der Waals surface area contributed by atoms with Crippen LogP contribution in [-0.4, -0.2) is 11.8 Å². The Labute approximate surface area is 119 Å². The standard InChI is InChI=1S/C16H22N2O2/c1-12(19)17-14-8-5-9-15(11-14)18-16(20)10-13-6-3-2-4-7-13/h5,8-9,11,13H,2-4,6-7,10H2,1H3,(H,17,19)(H,18,20). The predicted octanol–water partition coefficient (Wildman–Crippen LogP) is 3.55. The molecule has 1 aromatic carbocycles. The lowest BCUT2D eigenvalue weighted by molar-refractivity contribution is -0.117. The number of carbonyl (C=O) groups excluding carboxylic acids is 2.